The van der Waals surface area contributed by atoms with Gasteiger partial charge in [0.05, 0.1) is 25.2 Å². The summed E-state index contributed by atoms with van der Waals surface area (Å²) in [6.07, 6.45) is 0.731. The van der Waals surface area contributed by atoms with Crippen molar-refractivity contribution in [2.75, 3.05) is 47.0 Å². The molecule has 6 nitrogen and oxygen atoms in total. The molecule has 2 aliphatic heterocycles. The summed E-state index contributed by atoms with van der Waals surface area (Å²) in [5.74, 6) is 0.943. The molecule has 24 heavy (non-hydrogen) atoms. The third-order valence-corrected chi connectivity index (χ3v) is 6.81. The van der Waals surface area contributed by atoms with Gasteiger partial charge in [-0.15, -0.1) is 0 Å². The molecule has 1 aromatic carbocycles. The summed E-state index contributed by atoms with van der Waals surface area (Å²) >= 11 is 0. The van der Waals surface area contributed by atoms with Crippen LogP contribution in [0.5, 0.6) is 5.75 Å². The summed E-state index contributed by atoms with van der Waals surface area (Å²) < 4.78 is 39.0. The lowest BCUT2D eigenvalue weighted by Gasteiger charge is -2.29. The van der Waals surface area contributed by atoms with Crippen LogP contribution >= 0.6 is 0 Å². The Hall–Kier alpha value is -1.15. The van der Waals surface area contributed by atoms with Gasteiger partial charge >= 0.3 is 0 Å². The molecule has 0 spiro atoms. The molecule has 2 bridgehead atoms. The minimum Gasteiger partial charge on any atom is -0.496 e. The second-order valence-electron chi connectivity index (χ2n) is 6.65. The van der Waals surface area contributed by atoms with E-state index in [9.17, 15) is 8.42 Å². The zero-order valence-electron chi connectivity index (χ0n) is 14.6. The maximum atomic E-state index is 13.2. The van der Waals surface area contributed by atoms with E-state index in [1.165, 1.54) is 0 Å². The highest BCUT2D eigenvalue weighted by Gasteiger charge is 2.37. The molecule has 0 aromatic heterocycles. The molecule has 0 radical (unpaired) electrons. The Morgan fingerprint density at radius 2 is 2.04 bits per heavy atom. The zero-order valence-corrected chi connectivity index (χ0v) is 15.4. The van der Waals surface area contributed by atoms with Crippen LogP contribution < -0.4 is 4.74 Å². The van der Waals surface area contributed by atoms with E-state index >= 15 is 0 Å². The van der Waals surface area contributed by atoms with Crippen molar-refractivity contribution in [2.45, 2.75) is 24.3 Å². The Labute approximate surface area is 144 Å². The highest BCUT2D eigenvalue weighted by molar-refractivity contribution is 7.89. The van der Waals surface area contributed by atoms with Crippen molar-refractivity contribution >= 4 is 10.0 Å². The predicted octanol–water partition coefficient (Wildman–Crippen LogP) is 1.21. The van der Waals surface area contributed by atoms with Crippen LogP contribution in [0.4, 0.5) is 0 Å². The van der Waals surface area contributed by atoms with E-state index in [2.05, 4.69) is 4.90 Å². The van der Waals surface area contributed by atoms with Gasteiger partial charge in [0.1, 0.15) is 5.75 Å². The third kappa shape index (κ3) is 3.31. The van der Waals surface area contributed by atoms with Gasteiger partial charge in [0.2, 0.25) is 10.0 Å². The van der Waals surface area contributed by atoms with E-state index in [4.69, 9.17) is 9.47 Å². The summed E-state index contributed by atoms with van der Waals surface area (Å²) in [6.45, 7) is 5.06. The van der Waals surface area contributed by atoms with Crippen molar-refractivity contribution in [1.29, 1.82) is 0 Å². The SMILES string of the molecule is CCc1cc(S(=O)(=O)N2C[C@@H]3COC[C@H](C2)N(C)C3)ccc1OC. The highest BCUT2D eigenvalue weighted by atomic mass is 32.2. The van der Waals surface area contributed by atoms with Gasteiger partial charge in [0.15, 0.2) is 0 Å². The molecule has 0 unspecified atom stereocenters. The molecule has 0 aliphatic carbocycles. The maximum Gasteiger partial charge on any atom is 0.243 e. The average molecular weight is 354 g/mol. The highest BCUT2D eigenvalue weighted by Crippen LogP contribution is 2.28. The molecule has 2 heterocycles. The van der Waals surface area contributed by atoms with Gasteiger partial charge < -0.3 is 9.47 Å². The molecule has 0 saturated carbocycles. The van der Waals surface area contributed by atoms with Crippen LogP contribution in [0, 0.1) is 5.92 Å². The number of sulfonamides is 1. The number of hydrogen-bond donors (Lipinski definition) is 0. The standard InChI is InChI=1S/C17H26N2O4S/c1-4-14-7-16(5-6-17(14)22-3)24(20,21)19-9-13-8-18(2)15(10-19)12-23-11-13/h5-7,13,15H,4,8-12H2,1-3H3/t13-,15+/m1/s1. The second kappa shape index (κ2) is 7.00. The quantitative estimate of drug-likeness (QED) is 0.813. The number of benzene rings is 1. The van der Waals surface area contributed by atoms with E-state index in [0.717, 1.165) is 24.3 Å². The first kappa shape index (κ1) is 17.7. The van der Waals surface area contributed by atoms with Gasteiger partial charge in [0.25, 0.3) is 0 Å². The van der Waals surface area contributed by atoms with Crippen molar-refractivity contribution in [3.63, 3.8) is 0 Å². The normalized spacial score (nSPS) is 26.1. The molecule has 0 N–H and O–H groups in total. The van der Waals surface area contributed by atoms with Gasteiger partial charge in [-0.1, -0.05) is 6.92 Å². The molecule has 7 heteroatoms. The fraction of sp³-hybridized carbons (Fsp3) is 0.647. The van der Waals surface area contributed by atoms with Crippen LogP contribution in [-0.4, -0.2) is 70.7 Å². The Bertz CT molecular complexity index is 692. The molecule has 2 atom stereocenters. The lowest BCUT2D eigenvalue weighted by molar-refractivity contribution is 0.0727. The Kier molecular flexibility index (Phi) is 5.15. The summed E-state index contributed by atoms with van der Waals surface area (Å²) in [5, 5.41) is 0. The number of methoxy groups -OCH3 is 1. The van der Waals surface area contributed by atoms with Crippen LogP contribution in [0.2, 0.25) is 0 Å². The number of likely N-dealkylation sites (N-methyl/N-ethyl adjacent to an activating group) is 1. The number of ether oxygens (including phenoxy) is 2. The van der Waals surface area contributed by atoms with E-state index < -0.39 is 10.0 Å². The average Bonchev–Trinajstić information content (AvgIpc) is 2.82. The van der Waals surface area contributed by atoms with Gasteiger partial charge in [-0.3, -0.25) is 4.90 Å². The van der Waals surface area contributed by atoms with Crippen molar-refractivity contribution in [1.82, 2.24) is 9.21 Å². The fourth-order valence-corrected chi connectivity index (χ4v) is 5.15. The van der Waals surface area contributed by atoms with Gasteiger partial charge in [-0.05, 0) is 37.2 Å². The fourth-order valence-electron chi connectivity index (χ4n) is 3.54. The molecule has 2 saturated heterocycles. The molecule has 2 fully saturated rings. The van der Waals surface area contributed by atoms with E-state index in [0.29, 0.717) is 31.2 Å². The van der Waals surface area contributed by atoms with Crippen molar-refractivity contribution in [2.24, 2.45) is 5.92 Å². The maximum absolute atomic E-state index is 13.2. The zero-order chi connectivity index (χ0) is 17.3. The number of rotatable bonds is 4. The topological polar surface area (TPSA) is 59.1 Å². The first-order chi connectivity index (χ1) is 11.5. The molecular weight excluding hydrogens is 328 g/mol. The smallest absolute Gasteiger partial charge is 0.243 e. The second-order valence-corrected chi connectivity index (χ2v) is 8.58. The van der Waals surface area contributed by atoms with Crippen molar-refractivity contribution in [3.8, 4) is 5.75 Å². The Balaban J connectivity index is 1.93. The van der Waals surface area contributed by atoms with E-state index in [1.807, 2.05) is 14.0 Å². The minimum absolute atomic E-state index is 0.108. The van der Waals surface area contributed by atoms with E-state index in [-0.39, 0.29) is 12.0 Å². The van der Waals surface area contributed by atoms with Gasteiger partial charge in [-0.2, -0.15) is 4.31 Å². The minimum atomic E-state index is -3.51. The molecule has 3 rings (SSSR count). The van der Waals surface area contributed by atoms with Crippen LogP contribution in [0.3, 0.4) is 0 Å². The van der Waals surface area contributed by atoms with Crippen LogP contribution in [-0.2, 0) is 21.2 Å². The molecule has 2 aliphatic rings. The van der Waals surface area contributed by atoms with Crippen LogP contribution in [0.15, 0.2) is 23.1 Å². The number of fused-ring (bicyclic) bond motifs is 3. The summed E-state index contributed by atoms with van der Waals surface area (Å²) in [5.41, 5.74) is 0.911. The first-order valence-electron chi connectivity index (χ1n) is 8.40. The lowest BCUT2D eigenvalue weighted by Crippen LogP contribution is -2.44. The third-order valence-electron chi connectivity index (χ3n) is 4.98. The number of nitrogens with zero attached hydrogens (tertiary/aromatic N) is 2. The summed E-state index contributed by atoms with van der Waals surface area (Å²) in [6, 6.07) is 5.25. The summed E-state index contributed by atoms with van der Waals surface area (Å²) in [7, 11) is 0.139. The number of aryl methyl sites for hydroxylation is 1. The predicted molar refractivity (Wildman–Crippen MR) is 91.9 cm³/mol. The number of hydrogen-bond acceptors (Lipinski definition) is 5. The molecule has 134 valence electrons. The lowest BCUT2D eigenvalue weighted by atomic mass is 10.1. The molecular formula is C17H26N2O4S. The summed E-state index contributed by atoms with van der Waals surface area (Å²) in [4.78, 5) is 2.57. The largest absolute Gasteiger partial charge is 0.496 e. The van der Waals surface area contributed by atoms with E-state index in [1.54, 1.807) is 29.6 Å². The van der Waals surface area contributed by atoms with Gasteiger partial charge in [-0.25, -0.2) is 8.42 Å². The van der Waals surface area contributed by atoms with Crippen molar-refractivity contribution in [3.05, 3.63) is 23.8 Å². The first-order valence-corrected chi connectivity index (χ1v) is 9.84. The van der Waals surface area contributed by atoms with Crippen molar-refractivity contribution < 1.29 is 17.9 Å². The molecule has 0 amide bonds. The molecule has 1 aromatic rings. The van der Waals surface area contributed by atoms with Gasteiger partial charge in [0, 0.05) is 31.6 Å². The van der Waals surface area contributed by atoms with Crippen LogP contribution in [0.1, 0.15) is 12.5 Å². The Morgan fingerprint density at radius 1 is 1.25 bits per heavy atom. The monoisotopic (exact) mass is 354 g/mol. The van der Waals surface area contributed by atoms with Crippen LogP contribution in [0.25, 0.3) is 0 Å². The Morgan fingerprint density at radius 3 is 2.75 bits per heavy atom.